The van der Waals surface area contributed by atoms with Crippen LogP contribution in [0.25, 0.3) is 111 Å². The minimum absolute atomic E-state index is 0.194. The SMILES string of the molecule is CC1(C)c2ccc(-c3cccc(N(c4ccc(-c5cccc6c5oc5ccccc56)cc4)c4ccc(-c5cccc6c5oc5ccccc56)cc4)c3)cc2-c2c(-c3ccccc3)cc(-c3ccccc3)cc21. The lowest BCUT2D eigenvalue weighted by Gasteiger charge is -2.26. The van der Waals surface area contributed by atoms with Crippen molar-refractivity contribution in [3.8, 4) is 66.8 Å². The molecular formula is C69H47NO2. The standard InChI is InChI=1S/C69H47NO2/c1-69(2)62-39-34-49(41-61(62)66-60(45-18-7-4-8-19-45)42-50(43-63(66)69)44-16-5-3-6-17-44)48-20-13-21-53(40-48)70(51-35-30-46(31-36-51)54-24-14-26-58-56-22-9-11-28-64(56)71-67(54)58)52-37-32-47(33-38-52)55-25-15-27-59-57-23-10-12-29-65(57)72-68(55)59/h3-43H,1-2H3. The van der Waals surface area contributed by atoms with Crippen LogP contribution in [0.2, 0.25) is 0 Å². The maximum atomic E-state index is 6.49. The summed E-state index contributed by atoms with van der Waals surface area (Å²) in [4.78, 5) is 2.37. The van der Waals surface area contributed by atoms with Crippen LogP contribution in [0.15, 0.2) is 258 Å². The van der Waals surface area contributed by atoms with Gasteiger partial charge in [-0.3, -0.25) is 0 Å². The van der Waals surface area contributed by atoms with E-state index in [0.717, 1.165) is 88.8 Å². The van der Waals surface area contributed by atoms with E-state index < -0.39 is 0 Å². The molecule has 340 valence electrons. The van der Waals surface area contributed by atoms with Gasteiger partial charge in [0, 0.05) is 55.1 Å². The summed E-state index contributed by atoms with van der Waals surface area (Å²) in [6, 6.07) is 89.8. The van der Waals surface area contributed by atoms with Crippen molar-refractivity contribution < 1.29 is 8.83 Å². The first-order valence-electron chi connectivity index (χ1n) is 24.8. The molecule has 3 nitrogen and oxygen atoms in total. The Kier molecular flexibility index (Phi) is 9.56. The average molecular weight is 922 g/mol. The van der Waals surface area contributed by atoms with Crippen molar-refractivity contribution in [2.75, 3.05) is 4.90 Å². The van der Waals surface area contributed by atoms with Crippen molar-refractivity contribution in [2.45, 2.75) is 19.3 Å². The van der Waals surface area contributed by atoms with E-state index in [-0.39, 0.29) is 5.41 Å². The summed E-state index contributed by atoms with van der Waals surface area (Å²) >= 11 is 0. The van der Waals surface area contributed by atoms with E-state index in [9.17, 15) is 0 Å². The molecule has 3 heteroatoms. The van der Waals surface area contributed by atoms with E-state index in [1.807, 2.05) is 24.3 Å². The second kappa shape index (κ2) is 16.5. The third kappa shape index (κ3) is 6.73. The van der Waals surface area contributed by atoms with Gasteiger partial charge in [0.25, 0.3) is 0 Å². The zero-order valence-electron chi connectivity index (χ0n) is 39.9. The van der Waals surface area contributed by atoms with Gasteiger partial charge >= 0.3 is 0 Å². The second-order valence-electron chi connectivity index (χ2n) is 19.6. The van der Waals surface area contributed by atoms with E-state index in [1.54, 1.807) is 0 Å². The number of hydrogen-bond donors (Lipinski definition) is 0. The summed E-state index contributed by atoms with van der Waals surface area (Å²) in [5.41, 5.74) is 23.5. The maximum absolute atomic E-state index is 6.49. The Bertz CT molecular complexity index is 4060. The van der Waals surface area contributed by atoms with Gasteiger partial charge in [0.2, 0.25) is 0 Å². The minimum atomic E-state index is -0.194. The highest BCUT2D eigenvalue weighted by Crippen LogP contribution is 2.54. The molecule has 0 atom stereocenters. The predicted octanol–water partition coefficient (Wildman–Crippen LogP) is 19.6. The molecule has 0 aliphatic heterocycles. The quantitative estimate of drug-likeness (QED) is 0.152. The average Bonchev–Trinajstić information content (AvgIpc) is 4.09. The third-order valence-corrected chi connectivity index (χ3v) is 15.1. The zero-order valence-corrected chi connectivity index (χ0v) is 39.9. The molecule has 0 radical (unpaired) electrons. The van der Waals surface area contributed by atoms with Gasteiger partial charge in [-0.2, -0.15) is 0 Å². The predicted molar refractivity (Wildman–Crippen MR) is 300 cm³/mol. The summed E-state index contributed by atoms with van der Waals surface area (Å²) in [5, 5.41) is 4.50. The fourth-order valence-electron chi connectivity index (χ4n) is 11.5. The number of benzene rings is 11. The summed E-state index contributed by atoms with van der Waals surface area (Å²) < 4.78 is 13.0. The molecule has 2 heterocycles. The number of rotatable bonds is 8. The van der Waals surface area contributed by atoms with Gasteiger partial charge in [0.1, 0.15) is 22.3 Å². The lowest BCUT2D eigenvalue weighted by atomic mass is 9.80. The van der Waals surface area contributed by atoms with Crippen LogP contribution < -0.4 is 4.90 Å². The Morgan fingerprint density at radius 2 is 0.750 bits per heavy atom. The van der Waals surface area contributed by atoms with Crippen LogP contribution in [0.4, 0.5) is 17.1 Å². The highest BCUT2D eigenvalue weighted by atomic mass is 16.3. The Labute approximate surface area is 418 Å². The molecule has 72 heavy (non-hydrogen) atoms. The van der Waals surface area contributed by atoms with Gasteiger partial charge in [-0.05, 0) is 133 Å². The molecule has 0 saturated carbocycles. The van der Waals surface area contributed by atoms with Gasteiger partial charge in [-0.15, -0.1) is 0 Å². The van der Waals surface area contributed by atoms with E-state index in [0.29, 0.717) is 0 Å². The molecule has 0 saturated heterocycles. The highest BCUT2D eigenvalue weighted by Gasteiger charge is 2.38. The summed E-state index contributed by atoms with van der Waals surface area (Å²) in [5.74, 6) is 0. The van der Waals surface area contributed by atoms with Crippen LogP contribution in [-0.4, -0.2) is 0 Å². The first-order valence-corrected chi connectivity index (χ1v) is 24.8. The third-order valence-electron chi connectivity index (χ3n) is 15.1. The maximum Gasteiger partial charge on any atom is 0.143 e. The Morgan fingerprint density at radius 1 is 0.292 bits per heavy atom. The molecule has 11 aromatic carbocycles. The number of furan rings is 2. The van der Waals surface area contributed by atoms with Crippen molar-refractivity contribution in [1.82, 2.24) is 0 Å². The number of anilines is 3. The van der Waals surface area contributed by atoms with Crippen molar-refractivity contribution in [3.63, 3.8) is 0 Å². The minimum Gasteiger partial charge on any atom is -0.455 e. The van der Waals surface area contributed by atoms with Gasteiger partial charge in [0.15, 0.2) is 0 Å². The summed E-state index contributed by atoms with van der Waals surface area (Å²) in [7, 11) is 0. The molecular weight excluding hydrogens is 875 g/mol. The van der Waals surface area contributed by atoms with Crippen LogP contribution >= 0.6 is 0 Å². The summed E-state index contributed by atoms with van der Waals surface area (Å²) in [6.45, 7) is 4.76. The molecule has 0 unspecified atom stereocenters. The van der Waals surface area contributed by atoms with Gasteiger partial charge in [0.05, 0.1) is 0 Å². The normalized spacial score (nSPS) is 12.7. The van der Waals surface area contributed by atoms with Crippen LogP contribution in [0.3, 0.4) is 0 Å². The zero-order chi connectivity index (χ0) is 47.9. The Morgan fingerprint density at radius 3 is 1.35 bits per heavy atom. The van der Waals surface area contributed by atoms with Crippen molar-refractivity contribution >= 4 is 60.9 Å². The molecule has 0 bridgehead atoms. The smallest absolute Gasteiger partial charge is 0.143 e. The second-order valence-corrected chi connectivity index (χ2v) is 19.6. The largest absolute Gasteiger partial charge is 0.455 e. The van der Waals surface area contributed by atoms with E-state index in [4.69, 9.17) is 8.83 Å². The number of fused-ring (bicyclic) bond motifs is 9. The van der Waals surface area contributed by atoms with Crippen LogP contribution in [0.1, 0.15) is 25.0 Å². The van der Waals surface area contributed by atoms with Gasteiger partial charge in [-0.25, -0.2) is 0 Å². The lowest BCUT2D eigenvalue weighted by molar-refractivity contribution is 0.661. The van der Waals surface area contributed by atoms with Crippen molar-refractivity contribution in [2.24, 2.45) is 0 Å². The fourth-order valence-corrected chi connectivity index (χ4v) is 11.5. The van der Waals surface area contributed by atoms with Crippen LogP contribution in [0, 0.1) is 0 Å². The molecule has 0 N–H and O–H groups in total. The Balaban J connectivity index is 0.890. The molecule has 1 aliphatic carbocycles. The molecule has 0 amide bonds. The summed E-state index contributed by atoms with van der Waals surface area (Å²) in [6.07, 6.45) is 0. The van der Waals surface area contributed by atoms with E-state index in [2.05, 4.69) is 243 Å². The Hall–Kier alpha value is -9.18. The molecule has 13 aromatic rings. The number of para-hydroxylation sites is 4. The first kappa shape index (κ1) is 41.8. The van der Waals surface area contributed by atoms with Crippen molar-refractivity contribution in [3.05, 3.63) is 260 Å². The van der Waals surface area contributed by atoms with E-state index in [1.165, 1.54) is 50.1 Å². The van der Waals surface area contributed by atoms with Crippen LogP contribution in [-0.2, 0) is 5.41 Å². The van der Waals surface area contributed by atoms with E-state index >= 15 is 0 Å². The van der Waals surface area contributed by atoms with Gasteiger partial charge in [-0.1, -0.05) is 196 Å². The number of hydrogen-bond acceptors (Lipinski definition) is 3. The molecule has 14 rings (SSSR count). The monoisotopic (exact) mass is 921 g/mol. The highest BCUT2D eigenvalue weighted by molar-refractivity contribution is 6.11. The molecule has 1 aliphatic rings. The molecule has 0 fully saturated rings. The molecule has 0 spiro atoms. The fraction of sp³-hybridized carbons (Fsp3) is 0.0435. The van der Waals surface area contributed by atoms with Crippen molar-refractivity contribution in [1.29, 1.82) is 0 Å². The topological polar surface area (TPSA) is 29.5 Å². The van der Waals surface area contributed by atoms with Gasteiger partial charge < -0.3 is 13.7 Å². The lowest BCUT2D eigenvalue weighted by Crippen LogP contribution is -2.15. The first-order chi connectivity index (χ1) is 35.4. The van der Waals surface area contributed by atoms with Crippen LogP contribution in [0.5, 0.6) is 0 Å². The number of nitrogens with zero attached hydrogens (tertiary/aromatic N) is 1. The molecule has 2 aromatic heterocycles.